The Balaban J connectivity index is -0.000000245. The maximum absolute atomic E-state index is 9.99. The van der Waals surface area contributed by atoms with E-state index < -0.39 is 11.1 Å². The largest absolute Gasteiger partial charge is 0.306 e. The van der Waals surface area contributed by atoms with Crippen LogP contribution in [0.2, 0.25) is 0 Å². The van der Waals surface area contributed by atoms with Crippen LogP contribution < -0.4 is 0 Å². The van der Waals surface area contributed by atoms with Crippen molar-refractivity contribution in [2.24, 2.45) is 0 Å². The molecular weight excluding hydrogens is 284 g/mol. The number of rotatable bonds is 4. The Labute approximate surface area is 85.6 Å². The van der Waals surface area contributed by atoms with E-state index in [0.29, 0.717) is 5.75 Å². The van der Waals surface area contributed by atoms with Crippen molar-refractivity contribution in [2.75, 3.05) is 5.75 Å². The predicted octanol–water partition coefficient (Wildman–Crippen LogP) is 2.55. The fraction of sp³-hybridized carbons (Fsp3) is 1.00. The van der Waals surface area contributed by atoms with Gasteiger partial charge >= 0.3 is 0 Å². The van der Waals surface area contributed by atoms with Crippen molar-refractivity contribution in [1.82, 2.24) is 0 Å². The quantitative estimate of drug-likeness (QED) is 0.640. The lowest BCUT2D eigenvalue weighted by Crippen LogP contribution is -1.93. The third kappa shape index (κ3) is 16.0. The van der Waals surface area contributed by atoms with Gasteiger partial charge in [0, 0.05) is 5.75 Å². The maximum Gasteiger partial charge on any atom is 0.152 e. The Morgan fingerprint density at radius 1 is 1.30 bits per heavy atom. The Kier molecular flexibility index (Phi) is 21.9. The minimum absolute atomic E-state index is 0. The molecule has 0 aliphatic carbocycles. The number of hydrogen-bond donors (Lipinski definition) is 1. The molecule has 0 saturated carbocycles. The highest BCUT2D eigenvalue weighted by Gasteiger charge is 1.89. The number of unbranched alkanes of at least 4 members (excludes halogenated alkanes) is 2. The van der Waals surface area contributed by atoms with Gasteiger partial charge in [0.25, 0.3) is 0 Å². The lowest BCUT2D eigenvalue weighted by atomic mass is 10.3. The second kappa shape index (κ2) is 12.7. The zero-order valence-electron chi connectivity index (χ0n) is 5.91. The molecule has 1 N–H and O–H groups in total. The van der Waals surface area contributed by atoms with Crippen molar-refractivity contribution in [2.45, 2.75) is 26.2 Å². The van der Waals surface area contributed by atoms with Gasteiger partial charge in [-0.2, -0.15) is 0 Å². The van der Waals surface area contributed by atoms with Crippen molar-refractivity contribution < 1.29 is 8.76 Å². The van der Waals surface area contributed by atoms with Crippen LogP contribution in [0.5, 0.6) is 0 Å². The van der Waals surface area contributed by atoms with Crippen molar-refractivity contribution in [3.05, 3.63) is 0 Å². The van der Waals surface area contributed by atoms with Gasteiger partial charge in [0.1, 0.15) is 0 Å². The summed E-state index contributed by atoms with van der Waals surface area (Å²) < 4.78 is 18.2. The average Bonchev–Trinajstić information content (AvgIpc) is 1.66. The first-order chi connectivity index (χ1) is 3.77. The molecule has 0 bridgehead atoms. The first kappa shape index (κ1) is 17.2. The monoisotopic (exact) mass is 296 g/mol. The SMILES string of the molecule is Br.Br.CCCCCS(=O)O. The minimum atomic E-state index is -1.57. The fourth-order valence-corrected chi connectivity index (χ4v) is 0.927. The normalized spacial score (nSPS) is 11.0. The molecule has 0 spiro atoms. The van der Waals surface area contributed by atoms with Crippen molar-refractivity contribution >= 4 is 45.0 Å². The molecule has 0 radical (unpaired) electrons. The highest BCUT2D eigenvalue weighted by atomic mass is 79.9. The summed E-state index contributed by atoms with van der Waals surface area (Å²) in [5.41, 5.74) is 0. The van der Waals surface area contributed by atoms with Gasteiger partial charge in [-0.25, -0.2) is 4.21 Å². The van der Waals surface area contributed by atoms with Crippen molar-refractivity contribution in [1.29, 1.82) is 0 Å². The zero-order chi connectivity index (χ0) is 6.41. The molecule has 0 aliphatic heterocycles. The molecule has 0 amide bonds. The fourth-order valence-electron chi connectivity index (χ4n) is 0.476. The van der Waals surface area contributed by atoms with Gasteiger partial charge in [0.15, 0.2) is 11.1 Å². The van der Waals surface area contributed by atoms with Crippen LogP contribution in [0.25, 0.3) is 0 Å². The van der Waals surface area contributed by atoms with Crippen LogP contribution in [-0.4, -0.2) is 14.5 Å². The molecule has 0 aromatic carbocycles. The van der Waals surface area contributed by atoms with Crippen LogP contribution in [0.4, 0.5) is 0 Å². The summed E-state index contributed by atoms with van der Waals surface area (Å²) in [4.78, 5) is 0. The zero-order valence-corrected chi connectivity index (χ0v) is 10.2. The van der Waals surface area contributed by atoms with E-state index in [9.17, 15) is 4.21 Å². The Morgan fingerprint density at radius 2 is 1.80 bits per heavy atom. The summed E-state index contributed by atoms with van der Waals surface area (Å²) in [6.45, 7) is 2.07. The van der Waals surface area contributed by atoms with Gasteiger partial charge < -0.3 is 4.55 Å². The highest BCUT2D eigenvalue weighted by Crippen LogP contribution is 1.93. The Morgan fingerprint density at radius 3 is 2.10 bits per heavy atom. The van der Waals surface area contributed by atoms with Gasteiger partial charge in [-0.05, 0) is 6.42 Å². The van der Waals surface area contributed by atoms with Crippen LogP contribution in [0, 0.1) is 0 Å². The second-order valence-corrected chi connectivity index (χ2v) is 2.78. The second-order valence-electron chi connectivity index (χ2n) is 1.73. The minimum Gasteiger partial charge on any atom is -0.306 e. The van der Waals surface area contributed by atoms with Gasteiger partial charge in [0.2, 0.25) is 0 Å². The van der Waals surface area contributed by atoms with Crippen LogP contribution in [0.1, 0.15) is 26.2 Å². The van der Waals surface area contributed by atoms with E-state index in [1.54, 1.807) is 0 Å². The van der Waals surface area contributed by atoms with Crippen LogP contribution in [0.3, 0.4) is 0 Å². The summed E-state index contributed by atoms with van der Waals surface area (Å²) >= 11 is -1.57. The highest BCUT2D eigenvalue weighted by molar-refractivity contribution is 8.93. The van der Waals surface area contributed by atoms with Gasteiger partial charge in [-0.1, -0.05) is 19.8 Å². The average molecular weight is 298 g/mol. The Hall–Kier alpha value is 1.07. The predicted molar refractivity (Wildman–Crippen MR) is 55.8 cm³/mol. The first-order valence-corrected chi connectivity index (χ1v) is 4.12. The van der Waals surface area contributed by atoms with Crippen molar-refractivity contribution in [3.63, 3.8) is 0 Å². The lowest BCUT2D eigenvalue weighted by molar-refractivity contribution is 0.559. The van der Waals surface area contributed by atoms with E-state index in [1.807, 2.05) is 0 Å². The Bertz CT molecular complexity index is 80.0. The smallest absolute Gasteiger partial charge is 0.152 e. The molecular formula is C5H14Br2O2S. The van der Waals surface area contributed by atoms with Crippen molar-refractivity contribution in [3.8, 4) is 0 Å². The standard InChI is InChI=1S/C5H12O2S.2BrH/c1-2-3-4-5-8(6)7;;/h2-5H2,1H3,(H,6,7);2*1H. The van der Waals surface area contributed by atoms with Crippen LogP contribution in [-0.2, 0) is 11.1 Å². The first-order valence-electron chi connectivity index (χ1n) is 2.85. The summed E-state index contributed by atoms with van der Waals surface area (Å²) in [7, 11) is 0. The number of hydrogen-bond acceptors (Lipinski definition) is 1. The molecule has 0 fully saturated rings. The molecule has 10 heavy (non-hydrogen) atoms. The summed E-state index contributed by atoms with van der Waals surface area (Å²) in [5.74, 6) is 0.438. The van der Waals surface area contributed by atoms with Gasteiger partial charge in [-0.3, -0.25) is 0 Å². The molecule has 2 nitrogen and oxygen atoms in total. The lowest BCUT2D eigenvalue weighted by Gasteiger charge is -1.90. The molecule has 0 rings (SSSR count). The molecule has 5 heteroatoms. The van der Waals surface area contributed by atoms with E-state index in [0.717, 1.165) is 19.3 Å². The van der Waals surface area contributed by atoms with Gasteiger partial charge in [0.05, 0.1) is 0 Å². The maximum atomic E-state index is 9.99. The summed E-state index contributed by atoms with van der Waals surface area (Å²) in [6.07, 6.45) is 3.04. The third-order valence-corrected chi connectivity index (χ3v) is 1.56. The molecule has 1 unspecified atom stereocenters. The molecule has 0 aromatic rings. The molecule has 0 heterocycles. The van der Waals surface area contributed by atoms with E-state index in [1.165, 1.54) is 0 Å². The van der Waals surface area contributed by atoms with E-state index >= 15 is 0 Å². The summed E-state index contributed by atoms with van der Waals surface area (Å²) in [6, 6.07) is 0. The third-order valence-electron chi connectivity index (χ3n) is 0.923. The van der Waals surface area contributed by atoms with Crippen LogP contribution in [0.15, 0.2) is 0 Å². The van der Waals surface area contributed by atoms with Gasteiger partial charge in [-0.15, -0.1) is 34.0 Å². The molecule has 0 saturated heterocycles. The summed E-state index contributed by atoms with van der Waals surface area (Å²) in [5, 5.41) is 0. The molecule has 1 atom stereocenters. The number of halogens is 2. The van der Waals surface area contributed by atoms with Crippen LogP contribution >= 0.6 is 34.0 Å². The van der Waals surface area contributed by atoms with E-state index in [4.69, 9.17) is 4.55 Å². The molecule has 0 aromatic heterocycles. The molecule has 66 valence electrons. The molecule has 0 aliphatic rings. The van der Waals surface area contributed by atoms with E-state index in [-0.39, 0.29) is 34.0 Å². The topological polar surface area (TPSA) is 37.3 Å². The van der Waals surface area contributed by atoms with E-state index in [2.05, 4.69) is 6.92 Å².